The SMILES string of the molecule is CN=C(NCc1nccn1C(F)F)N1CCC(Cc2ccccc2)CC1. The fourth-order valence-electron chi connectivity index (χ4n) is 3.45. The Labute approximate surface area is 152 Å². The summed E-state index contributed by atoms with van der Waals surface area (Å²) in [5.41, 5.74) is 1.38. The Morgan fingerprint density at radius 1 is 1.27 bits per heavy atom. The molecule has 0 atom stereocenters. The Morgan fingerprint density at radius 2 is 2.00 bits per heavy atom. The molecule has 26 heavy (non-hydrogen) atoms. The van der Waals surface area contributed by atoms with Gasteiger partial charge >= 0.3 is 6.55 Å². The predicted molar refractivity (Wildman–Crippen MR) is 98.1 cm³/mol. The normalized spacial score (nSPS) is 16.3. The van der Waals surface area contributed by atoms with Crippen molar-refractivity contribution in [3.05, 3.63) is 54.1 Å². The molecule has 1 N–H and O–H groups in total. The lowest BCUT2D eigenvalue weighted by Crippen LogP contribution is -2.45. The maximum atomic E-state index is 12.9. The molecule has 2 heterocycles. The number of imidazole rings is 1. The van der Waals surface area contributed by atoms with Crippen LogP contribution < -0.4 is 5.32 Å². The molecule has 140 valence electrons. The summed E-state index contributed by atoms with van der Waals surface area (Å²) in [6.07, 6.45) is 5.98. The molecule has 0 unspecified atom stereocenters. The molecule has 0 amide bonds. The van der Waals surface area contributed by atoms with Crippen LogP contribution in [0.1, 0.15) is 30.8 Å². The van der Waals surface area contributed by atoms with Gasteiger partial charge in [-0.05, 0) is 30.7 Å². The lowest BCUT2D eigenvalue weighted by Gasteiger charge is -2.34. The van der Waals surface area contributed by atoms with Crippen molar-refractivity contribution in [3.63, 3.8) is 0 Å². The summed E-state index contributed by atoms with van der Waals surface area (Å²) in [7, 11) is 1.72. The van der Waals surface area contributed by atoms with E-state index in [9.17, 15) is 8.78 Å². The standard InChI is InChI=1S/C19H25F2N5/c1-22-19(24-14-17-23-9-12-26(17)18(20)21)25-10-7-16(8-11-25)13-15-5-3-2-4-6-15/h2-6,9,12,16,18H,7-8,10-11,13-14H2,1H3,(H,22,24). The van der Waals surface area contributed by atoms with E-state index in [1.807, 2.05) is 6.07 Å². The average Bonchev–Trinajstić information content (AvgIpc) is 3.13. The minimum atomic E-state index is -2.58. The quantitative estimate of drug-likeness (QED) is 0.656. The van der Waals surface area contributed by atoms with Crippen LogP contribution in [0.3, 0.4) is 0 Å². The van der Waals surface area contributed by atoms with Crippen molar-refractivity contribution < 1.29 is 8.78 Å². The third kappa shape index (κ3) is 4.59. The van der Waals surface area contributed by atoms with Gasteiger partial charge in [-0.15, -0.1) is 0 Å². The third-order valence-electron chi connectivity index (χ3n) is 4.86. The molecule has 1 aromatic heterocycles. The van der Waals surface area contributed by atoms with E-state index in [1.165, 1.54) is 18.0 Å². The zero-order valence-corrected chi connectivity index (χ0v) is 15.0. The van der Waals surface area contributed by atoms with Crippen LogP contribution in [0.15, 0.2) is 47.7 Å². The van der Waals surface area contributed by atoms with E-state index in [0.29, 0.717) is 11.7 Å². The monoisotopic (exact) mass is 361 g/mol. The maximum absolute atomic E-state index is 12.9. The summed E-state index contributed by atoms with van der Waals surface area (Å²) in [5.74, 6) is 1.72. The Balaban J connectivity index is 1.50. The molecule has 3 rings (SSSR count). The molecule has 2 aromatic rings. The third-order valence-corrected chi connectivity index (χ3v) is 4.86. The summed E-state index contributed by atoms with van der Waals surface area (Å²) in [6.45, 7) is -0.514. The van der Waals surface area contributed by atoms with Gasteiger partial charge in [0.1, 0.15) is 5.82 Å². The molecule has 1 saturated heterocycles. The molecular weight excluding hydrogens is 336 g/mol. The predicted octanol–water partition coefficient (Wildman–Crippen LogP) is 3.31. The van der Waals surface area contributed by atoms with Crippen molar-refractivity contribution in [2.24, 2.45) is 10.9 Å². The fraction of sp³-hybridized carbons (Fsp3) is 0.474. The number of aliphatic imine (C=N–C) groups is 1. The number of halogens is 2. The number of likely N-dealkylation sites (tertiary alicyclic amines) is 1. The number of benzene rings is 1. The van der Waals surface area contributed by atoms with Crippen molar-refractivity contribution in [2.75, 3.05) is 20.1 Å². The molecule has 0 spiro atoms. The molecule has 1 aliphatic heterocycles. The molecule has 0 aliphatic carbocycles. The highest BCUT2D eigenvalue weighted by molar-refractivity contribution is 5.79. The van der Waals surface area contributed by atoms with Crippen molar-refractivity contribution in [1.29, 1.82) is 0 Å². The van der Waals surface area contributed by atoms with Crippen molar-refractivity contribution in [1.82, 2.24) is 19.8 Å². The molecule has 5 nitrogen and oxygen atoms in total. The van der Waals surface area contributed by atoms with Gasteiger partial charge in [0, 0.05) is 32.5 Å². The average molecular weight is 361 g/mol. The van der Waals surface area contributed by atoms with Gasteiger partial charge < -0.3 is 10.2 Å². The number of alkyl halides is 2. The zero-order valence-electron chi connectivity index (χ0n) is 15.0. The molecule has 1 aliphatic rings. The van der Waals surface area contributed by atoms with E-state index in [0.717, 1.165) is 42.9 Å². The summed E-state index contributed by atoms with van der Waals surface area (Å²) in [5, 5.41) is 3.16. The van der Waals surface area contributed by atoms with Gasteiger partial charge in [-0.3, -0.25) is 9.56 Å². The van der Waals surface area contributed by atoms with Crippen LogP contribution in [-0.2, 0) is 13.0 Å². The first kappa shape index (κ1) is 18.4. The van der Waals surface area contributed by atoms with Gasteiger partial charge in [0.25, 0.3) is 0 Å². The second-order valence-corrected chi connectivity index (χ2v) is 6.55. The summed E-state index contributed by atoms with van der Waals surface area (Å²) in [6, 6.07) is 10.6. The Kier molecular flexibility index (Phi) is 6.20. The number of aromatic nitrogens is 2. The minimum absolute atomic E-state index is 0.230. The van der Waals surface area contributed by atoms with Gasteiger partial charge in [-0.25, -0.2) is 4.98 Å². The molecule has 0 bridgehead atoms. The van der Waals surface area contributed by atoms with Crippen LogP contribution in [0.25, 0.3) is 0 Å². The van der Waals surface area contributed by atoms with Crippen molar-refractivity contribution in [2.45, 2.75) is 32.4 Å². The smallest absolute Gasteiger partial charge is 0.319 e. The van der Waals surface area contributed by atoms with E-state index in [1.54, 1.807) is 7.05 Å². The highest BCUT2D eigenvalue weighted by atomic mass is 19.3. The number of hydrogen-bond acceptors (Lipinski definition) is 2. The van der Waals surface area contributed by atoms with Crippen molar-refractivity contribution >= 4 is 5.96 Å². The first-order chi connectivity index (χ1) is 12.7. The van der Waals surface area contributed by atoms with E-state index in [-0.39, 0.29) is 6.54 Å². The summed E-state index contributed by atoms with van der Waals surface area (Å²) >= 11 is 0. The van der Waals surface area contributed by atoms with Gasteiger partial charge in [0.05, 0.1) is 6.54 Å². The van der Waals surface area contributed by atoms with Crippen LogP contribution >= 0.6 is 0 Å². The van der Waals surface area contributed by atoms with Gasteiger partial charge in [0.2, 0.25) is 0 Å². The summed E-state index contributed by atoms with van der Waals surface area (Å²) < 4.78 is 26.7. The number of nitrogens with zero attached hydrogens (tertiary/aromatic N) is 4. The van der Waals surface area contributed by atoms with E-state index in [2.05, 4.69) is 44.5 Å². The Hall–Kier alpha value is -2.44. The second-order valence-electron chi connectivity index (χ2n) is 6.55. The lowest BCUT2D eigenvalue weighted by molar-refractivity contribution is 0.0668. The molecular formula is C19H25F2N5. The van der Waals surface area contributed by atoms with E-state index < -0.39 is 6.55 Å². The molecule has 0 radical (unpaired) electrons. The van der Waals surface area contributed by atoms with E-state index in [4.69, 9.17) is 0 Å². The van der Waals surface area contributed by atoms with Crippen LogP contribution in [0.2, 0.25) is 0 Å². The van der Waals surface area contributed by atoms with Crippen LogP contribution in [-0.4, -0.2) is 40.5 Å². The highest BCUT2D eigenvalue weighted by Gasteiger charge is 2.22. The van der Waals surface area contributed by atoms with Gasteiger partial charge in [-0.1, -0.05) is 30.3 Å². The number of piperidine rings is 1. The van der Waals surface area contributed by atoms with Crippen LogP contribution in [0.4, 0.5) is 8.78 Å². The topological polar surface area (TPSA) is 45.5 Å². The highest BCUT2D eigenvalue weighted by Crippen LogP contribution is 2.21. The zero-order chi connectivity index (χ0) is 18.4. The molecule has 0 saturated carbocycles. The second kappa shape index (κ2) is 8.78. The molecule has 1 fully saturated rings. The van der Waals surface area contributed by atoms with Gasteiger partial charge in [-0.2, -0.15) is 8.78 Å². The fourth-order valence-corrected chi connectivity index (χ4v) is 3.45. The lowest BCUT2D eigenvalue weighted by atomic mass is 9.90. The van der Waals surface area contributed by atoms with E-state index >= 15 is 0 Å². The van der Waals surface area contributed by atoms with Crippen LogP contribution in [0.5, 0.6) is 0 Å². The number of hydrogen-bond donors (Lipinski definition) is 1. The molecule has 7 heteroatoms. The minimum Gasteiger partial charge on any atom is -0.349 e. The van der Waals surface area contributed by atoms with Crippen LogP contribution in [0, 0.1) is 5.92 Å². The summed E-state index contributed by atoms with van der Waals surface area (Å²) in [4.78, 5) is 10.5. The first-order valence-electron chi connectivity index (χ1n) is 8.96. The van der Waals surface area contributed by atoms with Crippen molar-refractivity contribution in [3.8, 4) is 0 Å². The number of rotatable bonds is 5. The Morgan fingerprint density at radius 3 is 2.65 bits per heavy atom. The Bertz CT molecular complexity index is 706. The van der Waals surface area contributed by atoms with Gasteiger partial charge in [0.15, 0.2) is 5.96 Å². The molecule has 1 aromatic carbocycles. The number of nitrogens with one attached hydrogen (secondary N) is 1. The maximum Gasteiger partial charge on any atom is 0.319 e. The first-order valence-corrected chi connectivity index (χ1v) is 8.96. The number of guanidine groups is 1. The largest absolute Gasteiger partial charge is 0.349 e.